The van der Waals surface area contributed by atoms with Gasteiger partial charge in [0, 0.05) is 13.7 Å². The van der Waals surface area contributed by atoms with Gasteiger partial charge in [-0.3, -0.25) is 0 Å². The van der Waals surface area contributed by atoms with E-state index in [4.69, 9.17) is 9.47 Å². The van der Waals surface area contributed by atoms with Crippen LogP contribution >= 0.6 is 0 Å². The molecule has 0 aromatic rings. The average molecular weight is 399 g/mol. The third-order valence-corrected chi connectivity index (χ3v) is 6.38. The van der Waals surface area contributed by atoms with E-state index in [0.29, 0.717) is 6.10 Å². The summed E-state index contributed by atoms with van der Waals surface area (Å²) < 4.78 is 10.9. The van der Waals surface area contributed by atoms with Crippen molar-refractivity contribution in [3.8, 4) is 0 Å². The molecule has 168 valence electrons. The Hall–Kier alpha value is -0.120. The Bertz CT molecular complexity index is 321. The summed E-state index contributed by atoms with van der Waals surface area (Å²) in [7, 11) is 1.56. The molecule has 0 radical (unpaired) electrons. The summed E-state index contributed by atoms with van der Waals surface area (Å²) in [6.07, 6.45) is 25.1. The number of aliphatic hydroxyl groups excluding tert-OH is 1. The van der Waals surface area contributed by atoms with Crippen LogP contribution in [0.3, 0.4) is 0 Å². The fourth-order valence-electron chi connectivity index (χ4n) is 4.44. The van der Waals surface area contributed by atoms with Gasteiger partial charge in [0.2, 0.25) is 0 Å². The van der Waals surface area contributed by atoms with Gasteiger partial charge in [-0.25, -0.2) is 0 Å². The molecule has 3 nitrogen and oxygen atoms in total. The Morgan fingerprint density at radius 2 is 1.32 bits per heavy atom. The molecule has 1 aliphatic rings. The van der Waals surface area contributed by atoms with Crippen molar-refractivity contribution in [2.45, 2.75) is 141 Å². The Morgan fingerprint density at radius 1 is 0.786 bits per heavy atom. The summed E-state index contributed by atoms with van der Waals surface area (Å²) in [5, 5.41) is 9.37. The lowest BCUT2D eigenvalue weighted by Crippen LogP contribution is -2.08. The molecule has 0 aliphatic carbocycles. The number of ether oxygens (including phenoxy) is 2. The summed E-state index contributed by atoms with van der Waals surface area (Å²) >= 11 is 0. The molecular formula is C25H50O3. The zero-order valence-corrected chi connectivity index (χ0v) is 19.1. The summed E-state index contributed by atoms with van der Waals surface area (Å²) in [6.45, 7) is 3.28. The maximum absolute atomic E-state index is 9.37. The second kappa shape index (κ2) is 18.9. The molecule has 3 heteroatoms. The molecule has 1 N–H and O–H groups in total. The molecule has 1 unspecified atom stereocenters. The third-order valence-electron chi connectivity index (χ3n) is 6.38. The maximum atomic E-state index is 9.37. The molecular weight excluding hydrogens is 348 g/mol. The molecule has 0 bridgehead atoms. The van der Waals surface area contributed by atoms with Gasteiger partial charge in [0.15, 0.2) is 6.29 Å². The van der Waals surface area contributed by atoms with Crippen LogP contribution in [0.5, 0.6) is 0 Å². The van der Waals surface area contributed by atoms with Crippen LogP contribution in [-0.2, 0) is 9.47 Å². The molecule has 3 atom stereocenters. The van der Waals surface area contributed by atoms with Crippen LogP contribution in [0.2, 0.25) is 0 Å². The first-order chi connectivity index (χ1) is 13.8. The molecule has 0 aromatic carbocycles. The van der Waals surface area contributed by atoms with Crippen molar-refractivity contribution in [2.75, 3.05) is 13.7 Å². The van der Waals surface area contributed by atoms with Gasteiger partial charge in [0.1, 0.15) is 0 Å². The van der Waals surface area contributed by atoms with E-state index in [-0.39, 0.29) is 0 Å². The minimum absolute atomic E-state index is 0.495. The predicted molar refractivity (Wildman–Crippen MR) is 120 cm³/mol. The van der Waals surface area contributed by atoms with E-state index in [1.165, 1.54) is 109 Å². The van der Waals surface area contributed by atoms with Crippen LogP contribution in [0, 0.1) is 5.92 Å². The molecule has 0 aromatic heterocycles. The Morgan fingerprint density at radius 3 is 1.93 bits per heavy atom. The smallest absolute Gasteiger partial charge is 0.154 e. The zero-order valence-electron chi connectivity index (χ0n) is 19.1. The fourth-order valence-corrected chi connectivity index (χ4v) is 4.44. The molecule has 1 heterocycles. The third kappa shape index (κ3) is 14.8. The molecule has 1 saturated heterocycles. The minimum Gasteiger partial charge on any atom is -0.378 e. The first-order valence-corrected chi connectivity index (χ1v) is 12.6. The van der Waals surface area contributed by atoms with Crippen LogP contribution in [0.15, 0.2) is 0 Å². The molecule has 1 rings (SSSR count). The monoisotopic (exact) mass is 398 g/mol. The lowest BCUT2D eigenvalue weighted by Gasteiger charge is -2.11. The number of methoxy groups -OCH3 is 1. The highest BCUT2D eigenvalue weighted by Crippen LogP contribution is 2.28. The molecule has 0 amide bonds. The van der Waals surface area contributed by atoms with Crippen LogP contribution in [0.4, 0.5) is 0 Å². The summed E-state index contributed by atoms with van der Waals surface area (Å²) in [4.78, 5) is 0. The topological polar surface area (TPSA) is 38.7 Å². The average Bonchev–Trinajstić information content (AvgIpc) is 3.16. The molecule has 28 heavy (non-hydrogen) atoms. The number of unbranched alkanes of at least 4 members (excludes halogenated alkanes) is 13. The second-order valence-corrected chi connectivity index (χ2v) is 9.06. The van der Waals surface area contributed by atoms with Crippen LogP contribution in [0.1, 0.15) is 129 Å². The largest absolute Gasteiger partial charge is 0.378 e. The van der Waals surface area contributed by atoms with Gasteiger partial charge in [-0.05, 0) is 38.0 Å². The van der Waals surface area contributed by atoms with Crippen molar-refractivity contribution >= 4 is 0 Å². The van der Waals surface area contributed by atoms with Crippen molar-refractivity contribution < 1.29 is 14.6 Å². The maximum Gasteiger partial charge on any atom is 0.154 e. The zero-order chi connectivity index (χ0) is 20.3. The minimum atomic E-state index is -0.581. The molecule has 1 fully saturated rings. The number of rotatable bonds is 20. The van der Waals surface area contributed by atoms with Crippen molar-refractivity contribution in [1.29, 1.82) is 0 Å². The predicted octanol–water partition coefficient (Wildman–Crippen LogP) is 7.40. The molecule has 0 saturated carbocycles. The van der Waals surface area contributed by atoms with E-state index in [1.807, 2.05) is 0 Å². The van der Waals surface area contributed by atoms with E-state index >= 15 is 0 Å². The van der Waals surface area contributed by atoms with Gasteiger partial charge in [-0.2, -0.15) is 0 Å². The lowest BCUT2D eigenvalue weighted by atomic mass is 9.95. The van der Waals surface area contributed by atoms with Gasteiger partial charge >= 0.3 is 0 Å². The van der Waals surface area contributed by atoms with Crippen molar-refractivity contribution in [3.05, 3.63) is 0 Å². The molecule has 1 aliphatic heterocycles. The number of hydrogen-bond acceptors (Lipinski definition) is 3. The van der Waals surface area contributed by atoms with E-state index < -0.39 is 6.29 Å². The Balaban J connectivity index is 1.81. The van der Waals surface area contributed by atoms with Crippen molar-refractivity contribution in [3.63, 3.8) is 0 Å². The highest BCUT2D eigenvalue weighted by molar-refractivity contribution is 4.73. The van der Waals surface area contributed by atoms with Crippen molar-refractivity contribution in [1.82, 2.24) is 0 Å². The highest BCUT2D eigenvalue weighted by atomic mass is 16.6. The first kappa shape index (κ1) is 25.9. The SMILES string of the molecule is CCCCCCCCCCCCCC[C@H]1CO[C@H](CCCCCC(O)OC)C1. The molecule has 0 spiro atoms. The summed E-state index contributed by atoms with van der Waals surface area (Å²) in [5.74, 6) is 0.809. The standard InChI is InChI=1S/C25H50O3/c1-3-4-5-6-7-8-9-10-11-12-13-15-18-23-21-24(28-22-23)19-16-14-17-20-25(26)27-2/h23-26H,3-22H2,1-2H3/t23-,24-,25?/m1/s1. The summed E-state index contributed by atoms with van der Waals surface area (Å²) in [5.41, 5.74) is 0. The highest BCUT2D eigenvalue weighted by Gasteiger charge is 2.24. The fraction of sp³-hybridized carbons (Fsp3) is 1.00. The van der Waals surface area contributed by atoms with Gasteiger partial charge in [-0.1, -0.05) is 96.8 Å². The number of hydrogen-bond donors (Lipinski definition) is 1. The van der Waals surface area contributed by atoms with Gasteiger partial charge < -0.3 is 14.6 Å². The normalized spacial score (nSPS) is 20.7. The van der Waals surface area contributed by atoms with Gasteiger partial charge in [0.25, 0.3) is 0 Å². The van der Waals surface area contributed by atoms with Gasteiger partial charge in [-0.15, -0.1) is 0 Å². The van der Waals surface area contributed by atoms with Crippen LogP contribution < -0.4 is 0 Å². The van der Waals surface area contributed by atoms with Crippen LogP contribution in [0.25, 0.3) is 0 Å². The van der Waals surface area contributed by atoms with E-state index in [0.717, 1.165) is 25.4 Å². The lowest BCUT2D eigenvalue weighted by molar-refractivity contribution is -0.0793. The second-order valence-electron chi connectivity index (χ2n) is 9.06. The quantitative estimate of drug-likeness (QED) is 0.171. The van der Waals surface area contributed by atoms with Gasteiger partial charge in [0.05, 0.1) is 6.10 Å². The van der Waals surface area contributed by atoms with E-state index in [2.05, 4.69) is 6.92 Å². The first-order valence-electron chi connectivity index (χ1n) is 12.6. The van der Waals surface area contributed by atoms with Crippen LogP contribution in [-0.4, -0.2) is 31.2 Å². The Kier molecular flexibility index (Phi) is 17.5. The van der Waals surface area contributed by atoms with E-state index in [1.54, 1.807) is 7.11 Å². The Labute approximate surface area is 176 Å². The van der Waals surface area contributed by atoms with E-state index in [9.17, 15) is 5.11 Å². The number of aliphatic hydroxyl groups is 1. The summed E-state index contributed by atoms with van der Waals surface area (Å²) in [6, 6.07) is 0. The van der Waals surface area contributed by atoms with Crippen molar-refractivity contribution in [2.24, 2.45) is 5.92 Å².